The number of esters is 1. The number of carbonyl (C=O) groups is 3. The molecule has 1 saturated heterocycles. The van der Waals surface area contributed by atoms with Gasteiger partial charge in [0.1, 0.15) is 6.10 Å². The van der Waals surface area contributed by atoms with Crippen molar-refractivity contribution in [3.63, 3.8) is 0 Å². The Kier molecular flexibility index (Phi) is 7.50. The zero-order chi connectivity index (χ0) is 18.4. The van der Waals surface area contributed by atoms with Gasteiger partial charge in [0.05, 0.1) is 13.7 Å². The van der Waals surface area contributed by atoms with Gasteiger partial charge in [-0.05, 0) is 0 Å². The standard InChI is InChI=1S/C15H26N2O6S/c1-14(2)9-22-15(3,13(20)21-4)23-11(14)12(19)17-6-5-10(18)16-7-8-24/h11,24H,5-9H2,1-4H3,(H,16,18)(H,17,19)/t11-,15?/m0/s1. The Morgan fingerprint density at radius 2 is 1.88 bits per heavy atom. The smallest absolute Gasteiger partial charge is 0.366 e. The van der Waals surface area contributed by atoms with Crippen LogP contribution in [0.5, 0.6) is 0 Å². The van der Waals surface area contributed by atoms with Gasteiger partial charge in [-0.25, -0.2) is 4.79 Å². The lowest BCUT2D eigenvalue weighted by Crippen LogP contribution is -2.60. The van der Waals surface area contributed by atoms with E-state index in [0.29, 0.717) is 12.3 Å². The number of thiol groups is 1. The van der Waals surface area contributed by atoms with E-state index in [1.54, 1.807) is 13.8 Å². The molecule has 2 amide bonds. The molecule has 0 aromatic carbocycles. The van der Waals surface area contributed by atoms with Crippen molar-refractivity contribution >= 4 is 30.4 Å². The minimum Gasteiger partial charge on any atom is -0.465 e. The van der Waals surface area contributed by atoms with E-state index >= 15 is 0 Å². The summed E-state index contributed by atoms with van der Waals surface area (Å²) in [7, 11) is 1.22. The molecule has 2 N–H and O–H groups in total. The molecule has 138 valence electrons. The van der Waals surface area contributed by atoms with Crippen molar-refractivity contribution in [2.45, 2.75) is 39.1 Å². The van der Waals surface area contributed by atoms with Crippen LogP contribution in [-0.4, -0.2) is 62.2 Å². The third-order valence-electron chi connectivity index (χ3n) is 3.65. The van der Waals surface area contributed by atoms with Gasteiger partial charge in [-0.2, -0.15) is 12.6 Å². The molecule has 0 aliphatic carbocycles. The van der Waals surface area contributed by atoms with Crippen LogP contribution in [0.15, 0.2) is 0 Å². The second-order valence-corrected chi connectivity index (χ2v) is 6.77. The van der Waals surface area contributed by atoms with Crippen molar-refractivity contribution in [3.05, 3.63) is 0 Å². The van der Waals surface area contributed by atoms with Crippen LogP contribution in [0.2, 0.25) is 0 Å². The molecule has 1 aliphatic heterocycles. The van der Waals surface area contributed by atoms with Crippen molar-refractivity contribution in [1.82, 2.24) is 10.6 Å². The van der Waals surface area contributed by atoms with Crippen molar-refractivity contribution in [1.29, 1.82) is 0 Å². The quantitative estimate of drug-likeness (QED) is 0.431. The highest BCUT2D eigenvalue weighted by molar-refractivity contribution is 7.80. The van der Waals surface area contributed by atoms with Crippen LogP contribution in [0.4, 0.5) is 0 Å². The third-order valence-corrected chi connectivity index (χ3v) is 3.88. The first-order chi connectivity index (χ1) is 11.2. The molecule has 0 aromatic rings. The largest absolute Gasteiger partial charge is 0.465 e. The summed E-state index contributed by atoms with van der Waals surface area (Å²) in [6.07, 6.45) is -0.756. The fourth-order valence-electron chi connectivity index (χ4n) is 2.19. The fourth-order valence-corrected chi connectivity index (χ4v) is 2.31. The topological polar surface area (TPSA) is 103 Å². The van der Waals surface area contributed by atoms with Gasteiger partial charge < -0.3 is 24.8 Å². The van der Waals surface area contributed by atoms with Crippen LogP contribution < -0.4 is 10.6 Å². The van der Waals surface area contributed by atoms with E-state index < -0.39 is 29.2 Å². The Balaban J connectivity index is 2.62. The Hall–Kier alpha value is -1.32. The van der Waals surface area contributed by atoms with Crippen molar-refractivity contribution in [2.24, 2.45) is 5.41 Å². The zero-order valence-corrected chi connectivity index (χ0v) is 15.4. The van der Waals surface area contributed by atoms with E-state index in [4.69, 9.17) is 9.47 Å². The first-order valence-electron chi connectivity index (χ1n) is 7.72. The van der Waals surface area contributed by atoms with Crippen molar-refractivity contribution in [3.8, 4) is 0 Å². The Morgan fingerprint density at radius 3 is 2.46 bits per heavy atom. The van der Waals surface area contributed by atoms with E-state index in [2.05, 4.69) is 28.0 Å². The van der Waals surface area contributed by atoms with Crippen LogP contribution in [0.25, 0.3) is 0 Å². The molecule has 1 fully saturated rings. The zero-order valence-electron chi connectivity index (χ0n) is 14.5. The van der Waals surface area contributed by atoms with E-state index in [1.165, 1.54) is 14.0 Å². The molecule has 2 atom stereocenters. The van der Waals surface area contributed by atoms with Gasteiger partial charge in [-0.1, -0.05) is 13.8 Å². The molecule has 24 heavy (non-hydrogen) atoms. The Labute approximate surface area is 147 Å². The third kappa shape index (κ3) is 5.35. The maximum Gasteiger partial charge on any atom is 0.366 e. The number of methoxy groups -OCH3 is 1. The second kappa shape index (κ2) is 8.68. The highest BCUT2D eigenvalue weighted by Crippen LogP contribution is 2.35. The lowest BCUT2D eigenvalue weighted by atomic mass is 9.85. The van der Waals surface area contributed by atoms with E-state index in [-0.39, 0.29) is 25.5 Å². The molecule has 1 heterocycles. The number of hydrogen-bond donors (Lipinski definition) is 3. The number of rotatable bonds is 7. The van der Waals surface area contributed by atoms with Crippen molar-refractivity contribution in [2.75, 3.05) is 32.6 Å². The number of hydrogen-bond acceptors (Lipinski definition) is 7. The second-order valence-electron chi connectivity index (χ2n) is 6.33. The summed E-state index contributed by atoms with van der Waals surface area (Å²) in [5.41, 5.74) is -0.633. The Morgan fingerprint density at radius 1 is 1.21 bits per heavy atom. The number of carbonyl (C=O) groups excluding carboxylic acids is 3. The summed E-state index contributed by atoms with van der Waals surface area (Å²) in [6, 6.07) is 0. The molecule has 9 heteroatoms. The van der Waals surface area contributed by atoms with Crippen molar-refractivity contribution < 1.29 is 28.6 Å². The Bertz CT molecular complexity index is 485. The van der Waals surface area contributed by atoms with Gasteiger partial charge in [0.15, 0.2) is 0 Å². The number of ether oxygens (including phenoxy) is 3. The molecule has 0 radical (unpaired) electrons. The van der Waals surface area contributed by atoms with Gasteiger partial charge in [0, 0.05) is 37.6 Å². The molecule has 0 bridgehead atoms. The van der Waals surface area contributed by atoms with E-state index in [1.807, 2.05) is 0 Å². The van der Waals surface area contributed by atoms with Crippen LogP contribution >= 0.6 is 12.6 Å². The van der Waals surface area contributed by atoms with E-state index in [0.717, 1.165) is 0 Å². The first kappa shape index (κ1) is 20.7. The predicted molar refractivity (Wildman–Crippen MR) is 89.5 cm³/mol. The molecule has 1 rings (SSSR count). The fraction of sp³-hybridized carbons (Fsp3) is 0.800. The minimum absolute atomic E-state index is 0.150. The van der Waals surface area contributed by atoms with E-state index in [9.17, 15) is 14.4 Å². The van der Waals surface area contributed by atoms with Gasteiger partial charge in [-0.3, -0.25) is 9.59 Å². The number of nitrogens with one attached hydrogen (secondary N) is 2. The summed E-state index contributed by atoms with van der Waals surface area (Å²) in [6.45, 7) is 5.81. The monoisotopic (exact) mass is 362 g/mol. The van der Waals surface area contributed by atoms with Gasteiger partial charge in [0.2, 0.25) is 11.8 Å². The molecule has 1 aliphatic rings. The first-order valence-corrected chi connectivity index (χ1v) is 8.35. The normalized spacial score (nSPS) is 25.6. The molecule has 0 saturated carbocycles. The summed E-state index contributed by atoms with van der Waals surface area (Å²) < 4.78 is 15.7. The van der Waals surface area contributed by atoms with Crippen LogP contribution in [-0.2, 0) is 28.6 Å². The van der Waals surface area contributed by atoms with Crippen LogP contribution in [0.3, 0.4) is 0 Å². The molecule has 1 unspecified atom stereocenters. The van der Waals surface area contributed by atoms with Crippen LogP contribution in [0.1, 0.15) is 27.2 Å². The highest BCUT2D eigenvalue weighted by atomic mass is 32.1. The summed E-state index contributed by atoms with van der Waals surface area (Å²) in [5, 5.41) is 5.32. The molecule has 8 nitrogen and oxygen atoms in total. The van der Waals surface area contributed by atoms with Gasteiger partial charge in [0.25, 0.3) is 5.79 Å². The average molecular weight is 362 g/mol. The number of amides is 2. The van der Waals surface area contributed by atoms with Gasteiger partial charge >= 0.3 is 5.97 Å². The molecule has 0 spiro atoms. The van der Waals surface area contributed by atoms with Crippen LogP contribution in [0, 0.1) is 5.41 Å². The van der Waals surface area contributed by atoms with Gasteiger partial charge in [-0.15, -0.1) is 0 Å². The lowest BCUT2D eigenvalue weighted by Gasteiger charge is -2.44. The molecule has 0 aromatic heterocycles. The average Bonchev–Trinajstić information content (AvgIpc) is 2.54. The maximum atomic E-state index is 12.4. The summed E-state index contributed by atoms with van der Waals surface area (Å²) >= 11 is 4.00. The molecular formula is C15H26N2O6S. The predicted octanol–water partition coefficient (Wildman–Crippen LogP) is -0.130. The molecular weight excluding hydrogens is 336 g/mol. The summed E-state index contributed by atoms with van der Waals surface area (Å²) in [5.74, 6) is -2.36. The summed E-state index contributed by atoms with van der Waals surface area (Å²) in [4.78, 5) is 35.7. The minimum atomic E-state index is -1.63. The lowest BCUT2D eigenvalue weighted by molar-refractivity contribution is -0.305. The SMILES string of the molecule is COC(=O)C1(C)OCC(C)(C)[C@H](C(=O)NCCC(=O)NCCS)O1. The maximum absolute atomic E-state index is 12.4. The highest BCUT2D eigenvalue weighted by Gasteiger charge is 2.51.